The number of nitrogens with one attached hydrogen (secondary N) is 2. The minimum absolute atomic E-state index is 0.130. The number of halogens is 1. The van der Waals surface area contributed by atoms with Gasteiger partial charge in [0.2, 0.25) is 5.91 Å². The predicted octanol–water partition coefficient (Wildman–Crippen LogP) is 2.93. The number of carbonyl (C=O) groups excluding carboxylic acids is 2. The van der Waals surface area contributed by atoms with Crippen molar-refractivity contribution in [1.29, 1.82) is 0 Å². The number of benzene rings is 1. The monoisotopic (exact) mass is 337 g/mol. The van der Waals surface area contributed by atoms with Gasteiger partial charge in [0.05, 0.1) is 0 Å². The Kier molecular flexibility index (Phi) is 7.20. The summed E-state index contributed by atoms with van der Waals surface area (Å²) in [5, 5.41) is 6.16. The molecule has 0 bridgehead atoms. The van der Waals surface area contributed by atoms with Gasteiger partial charge in [0.15, 0.2) is 0 Å². The SMILES string of the molecule is O=C(NCCC(=O)N1CCCCCC1)NCc1ccc(Cl)cc1. The summed E-state index contributed by atoms with van der Waals surface area (Å²) in [7, 11) is 0. The first kappa shape index (κ1) is 17.6. The Morgan fingerprint density at radius 3 is 2.30 bits per heavy atom. The zero-order valence-corrected chi connectivity index (χ0v) is 14.1. The number of urea groups is 1. The van der Waals surface area contributed by atoms with Crippen LogP contribution in [0, 0.1) is 0 Å². The van der Waals surface area contributed by atoms with E-state index in [4.69, 9.17) is 11.6 Å². The lowest BCUT2D eigenvalue weighted by Gasteiger charge is -2.20. The summed E-state index contributed by atoms with van der Waals surface area (Å²) >= 11 is 5.81. The minimum Gasteiger partial charge on any atom is -0.343 e. The third kappa shape index (κ3) is 6.48. The van der Waals surface area contributed by atoms with E-state index in [0.717, 1.165) is 31.5 Å². The standard InChI is InChI=1S/C17H24ClN3O2/c18-15-7-5-14(6-8-15)13-20-17(23)19-10-9-16(22)21-11-3-1-2-4-12-21/h5-8H,1-4,9-13H2,(H2,19,20,23). The molecule has 5 nitrogen and oxygen atoms in total. The lowest BCUT2D eigenvalue weighted by Crippen LogP contribution is -2.38. The van der Waals surface area contributed by atoms with Crippen molar-refractivity contribution in [3.63, 3.8) is 0 Å². The van der Waals surface area contributed by atoms with Crippen LogP contribution in [0.5, 0.6) is 0 Å². The number of carbonyl (C=O) groups is 2. The lowest BCUT2D eigenvalue weighted by atomic mass is 10.2. The summed E-state index contributed by atoms with van der Waals surface area (Å²) in [6.07, 6.45) is 4.93. The highest BCUT2D eigenvalue weighted by Gasteiger charge is 2.15. The van der Waals surface area contributed by atoms with Gasteiger partial charge in [-0.25, -0.2) is 4.79 Å². The fourth-order valence-electron chi connectivity index (χ4n) is 2.61. The van der Waals surface area contributed by atoms with Crippen LogP contribution in [0.2, 0.25) is 5.02 Å². The van der Waals surface area contributed by atoms with Crippen molar-refractivity contribution in [2.75, 3.05) is 19.6 Å². The summed E-state index contributed by atoms with van der Waals surface area (Å²) in [5.74, 6) is 0.130. The van der Waals surface area contributed by atoms with Crippen molar-refractivity contribution in [3.05, 3.63) is 34.9 Å². The second-order valence-electron chi connectivity index (χ2n) is 5.78. The van der Waals surface area contributed by atoms with Crippen molar-refractivity contribution in [1.82, 2.24) is 15.5 Å². The van der Waals surface area contributed by atoms with E-state index >= 15 is 0 Å². The topological polar surface area (TPSA) is 61.4 Å². The summed E-state index contributed by atoms with van der Waals surface area (Å²) in [6.45, 7) is 2.49. The van der Waals surface area contributed by atoms with E-state index in [1.807, 2.05) is 17.0 Å². The molecule has 6 heteroatoms. The number of likely N-dealkylation sites (tertiary alicyclic amines) is 1. The van der Waals surface area contributed by atoms with Gasteiger partial charge in [-0.3, -0.25) is 4.79 Å². The van der Waals surface area contributed by atoms with Gasteiger partial charge in [-0.05, 0) is 30.5 Å². The average molecular weight is 338 g/mol. The van der Waals surface area contributed by atoms with Crippen LogP contribution < -0.4 is 10.6 Å². The Morgan fingerprint density at radius 1 is 1.00 bits per heavy atom. The summed E-state index contributed by atoms with van der Waals surface area (Å²) in [4.78, 5) is 25.7. The minimum atomic E-state index is -0.261. The van der Waals surface area contributed by atoms with Gasteiger partial charge in [-0.2, -0.15) is 0 Å². The Bertz CT molecular complexity index is 511. The van der Waals surface area contributed by atoms with E-state index in [0.29, 0.717) is 24.5 Å². The second-order valence-corrected chi connectivity index (χ2v) is 6.22. The third-order valence-electron chi connectivity index (χ3n) is 3.95. The Morgan fingerprint density at radius 2 is 1.65 bits per heavy atom. The molecule has 1 aromatic carbocycles. The lowest BCUT2D eigenvalue weighted by molar-refractivity contribution is -0.131. The predicted molar refractivity (Wildman–Crippen MR) is 91.4 cm³/mol. The number of hydrogen-bond acceptors (Lipinski definition) is 2. The van der Waals surface area contributed by atoms with Crippen LogP contribution in [-0.4, -0.2) is 36.5 Å². The van der Waals surface area contributed by atoms with Crippen LogP contribution in [0.25, 0.3) is 0 Å². The number of rotatable bonds is 5. The van der Waals surface area contributed by atoms with Crippen LogP contribution in [-0.2, 0) is 11.3 Å². The molecule has 0 saturated carbocycles. The van der Waals surface area contributed by atoms with Crippen molar-refractivity contribution in [2.24, 2.45) is 0 Å². The maximum Gasteiger partial charge on any atom is 0.315 e. The van der Waals surface area contributed by atoms with Crippen molar-refractivity contribution in [3.8, 4) is 0 Å². The molecule has 2 N–H and O–H groups in total. The second kappa shape index (κ2) is 9.40. The molecular formula is C17H24ClN3O2. The van der Waals surface area contributed by atoms with E-state index in [2.05, 4.69) is 10.6 Å². The number of hydrogen-bond donors (Lipinski definition) is 2. The maximum absolute atomic E-state index is 12.1. The molecule has 0 atom stereocenters. The van der Waals surface area contributed by atoms with Crippen molar-refractivity contribution in [2.45, 2.75) is 38.6 Å². The molecule has 0 radical (unpaired) electrons. The summed E-state index contributed by atoms with van der Waals surface area (Å²) < 4.78 is 0. The molecule has 1 aliphatic rings. The van der Waals surface area contributed by atoms with Gasteiger partial charge in [-0.1, -0.05) is 36.6 Å². The molecule has 0 spiro atoms. The zero-order valence-electron chi connectivity index (χ0n) is 13.3. The molecule has 0 aliphatic carbocycles. The summed E-state index contributed by atoms with van der Waals surface area (Å²) in [5.41, 5.74) is 0.977. The molecule has 126 valence electrons. The fraction of sp³-hybridized carbons (Fsp3) is 0.529. The van der Waals surface area contributed by atoms with Gasteiger partial charge in [0.25, 0.3) is 0 Å². The molecule has 2 rings (SSSR count). The number of nitrogens with zero attached hydrogens (tertiary/aromatic N) is 1. The average Bonchev–Trinajstić information content (AvgIpc) is 2.83. The first-order valence-electron chi connectivity index (χ1n) is 8.19. The third-order valence-corrected chi connectivity index (χ3v) is 4.20. The molecule has 23 heavy (non-hydrogen) atoms. The van der Waals surface area contributed by atoms with E-state index < -0.39 is 0 Å². The molecule has 1 fully saturated rings. The van der Waals surface area contributed by atoms with Crippen molar-refractivity contribution < 1.29 is 9.59 Å². The molecule has 0 unspecified atom stereocenters. The van der Waals surface area contributed by atoms with E-state index in [-0.39, 0.29) is 11.9 Å². The van der Waals surface area contributed by atoms with E-state index in [1.165, 1.54) is 12.8 Å². The maximum atomic E-state index is 12.1. The highest BCUT2D eigenvalue weighted by Crippen LogP contribution is 2.10. The number of amides is 3. The molecule has 3 amide bonds. The van der Waals surface area contributed by atoms with Gasteiger partial charge >= 0.3 is 6.03 Å². The molecular weight excluding hydrogens is 314 g/mol. The van der Waals surface area contributed by atoms with Crippen molar-refractivity contribution >= 4 is 23.5 Å². The highest BCUT2D eigenvalue weighted by molar-refractivity contribution is 6.30. The Balaban J connectivity index is 1.62. The Labute approximate surface area is 142 Å². The first-order valence-corrected chi connectivity index (χ1v) is 8.57. The molecule has 1 saturated heterocycles. The quantitative estimate of drug-likeness (QED) is 0.867. The molecule has 1 aliphatic heterocycles. The van der Waals surface area contributed by atoms with Crippen LogP contribution in [0.3, 0.4) is 0 Å². The van der Waals surface area contributed by atoms with E-state index in [1.54, 1.807) is 12.1 Å². The molecule has 0 aromatic heterocycles. The molecule has 1 aromatic rings. The normalized spacial score (nSPS) is 14.9. The smallest absolute Gasteiger partial charge is 0.315 e. The van der Waals surface area contributed by atoms with Gasteiger partial charge < -0.3 is 15.5 Å². The van der Waals surface area contributed by atoms with Crippen LogP contribution in [0.15, 0.2) is 24.3 Å². The van der Waals surface area contributed by atoms with Crippen LogP contribution in [0.1, 0.15) is 37.7 Å². The fourth-order valence-corrected chi connectivity index (χ4v) is 2.73. The van der Waals surface area contributed by atoms with E-state index in [9.17, 15) is 9.59 Å². The Hall–Kier alpha value is -1.75. The largest absolute Gasteiger partial charge is 0.343 e. The van der Waals surface area contributed by atoms with Gasteiger partial charge in [-0.15, -0.1) is 0 Å². The van der Waals surface area contributed by atoms with Crippen LogP contribution in [0.4, 0.5) is 4.79 Å². The first-order chi connectivity index (χ1) is 11.1. The van der Waals surface area contributed by atoms with Gasteiger partial charge in [0.1, 0.15) is 0 Å². The highest BCUT2D eigenvalue weighted by atomic mass is 35.5. The summed E-state index contributed by atoms with van der Waals surface area (Å²) in [6, 6.07) is 7.05. The molecule has 1 heterocycles. The van der Waals surface area contributed by atoms with Gasteiger partial charge in [0, 0.05) is 37.6 Å². The van der Waals surface area contributed by atoms with Crippen LogP contribution >= 0.6 is 11.6 Å². The zero-order chi connectivity index (χ0) is 16.5.